The SMILES string of the molecule is CCc1ccc(C(CN)N2Cc3ccccc3C2)cc1. The molecule has 0 radical (unpaired) electrons. The first-order valence-corrected chi connectivity index (χ1v) is 7.41. The molecular weight excluding hydrogens is 244 g/mol. The molecule has 1 aliphatic heterocycles. The van der Waals surface area contributed by atoms with Crippen molar-refractivity contribution >= 4 is 0 Å². The Balaban J connectivity index is 1.81. The van der Waals surface area contributed by atoms with Crippen molar-refractivity contribution in [3.63, 3.8) is 0 Å². The third kappa shape index (κ3) is 2.49. The van der Waals surface area contributed by atoms with Crippen molar-refractivity contribution < 1.29 is 0 Å². The Morgan fingerprint density at radius 3 is 2.10 bits per heavy atom. The van der Waals surface area contributed by atoms with Crippen molar-refractivity contribution in [1.82, 2.24) is 4.90 Å². The van der Waals surface area contributed by atoms with Crippen molar-refractivity contribution in [2.45, 2.75) is 32.5 Å². The second kappa shape index (κ2) is 5.78. The van der Waals surface area contributed by atoms with Gasteiger partial charge in [0, 0.05) is 25.7 Å². The zero-order valence-corrected chi connectivity index (χ0v) is 12.0. The molecule has 3 rings (SSSR count). The maximum atomic E-state index is 6.05. The molecule has 0 bridgehead atoms. The highest BCUT2D eigenvalue weighted by molar-refractivity contribution is 5.32. The number of aryl methyl sites for hydroxylation is 1. The largest absolute Gasteiger partial charge is 0.329 e. The number of benzene rings is 2. The number of nitrogens with zero attached hydrogens (tertiary/aromatic N) is 1. The lowest BCUT2D eigenvalue weighted by Gasteiger charge is -2.26. The average Bonchev–Trinajstić information content (AvgIpc) is 2.92. The molecule has 0 aliphatic carbocycles. The van der Waals surface area contributed by atoms with Gasteiger partial charge in [-0.05, 0) is 28.7 Å². The van der Waals surface area contributed by atoms with Gasteiger partial charge in [0.2, 0.25) is 0 Å². The Morgan fingerprint density at radius 1 is 1.00 bits per heavy atom. The fourth-order valence-electron chi connectivity index (χ4n) is 3.05. The van der Waals surface area contributed by atoms with E-state index >= 15 is 0 Å². The summed E-state index contributed by atoms with van der Waals surface area (Å²) in [6.45, 7) is 4.87. The summed E-state index contributed by atoms with van der Waals surface area (Å²) in [5.74, 6) is 0. The Kier molecular flexibility index (Phi) is 3.86. The topological polar surface area (TPSA) is 29.3 Å². The maximum Gasteiger partial charge on any atom is 0.0477 e. The number of hydrogen-bond donors (Lipinski definition) is 1. The van der Waals surface area contributed by atoms with E-state index in [9.17, 15) is 0 Å². The van der Waals surface area contributed by atoms with Gasteiger partial charge in [-0.25, -0.2) is 0 Å². The van der Waals surface area contributed by atoms with E-state index in [1.807, 2.05) is 0 Å². The molecular formula is C18H22N2. The Hall–Kier alpha value is -1.64. The summed E-state index contributed by atoms with van der Waals surface area (Å²) in [4.78, 5) is 2.48. The first-order valence-electron chi connectivity index (χ1n) is 7.41. The molecule has 0 amide bonds. The lowest BCUT2D eigenvalue weighted by Crippen LogP contribution is -2.29. The van der Waals surface area contributed by atoms with Gasteiger partial charge in [-0.3, -0.25) is 4.90 Å². The molecule has 20 heavy (non-hydrogen) atoms. The zero-order chi connectivity index (χ0) is 13.9. The standard InChI is InChI=1S/C18H22N2/c1-2-14-7-9-15(10-8-14)18(11-19)20-12-16-5-3-4-6-17(16)13-20/h3-10,18H,2,11-13,19H2,1H3. The predicted molar refractivity (Wildman–Crippen MR) is 83.3 cm³/mol. The molecule has 2 heteroatoms. The van der Waals surface area contributed by atoms with Crippen LogP contribution in [0.25, 0.3) is 0 Å². The summed E-state index contributed by atoms with van der Waals surface area (Å²) in [6, 6.07) is 17.9. The van der Waals surface area contributed by atoms with Gasteiger partial charge < -0.3 is 5.73 Å². The second-order valence-corrected chi connectivity index (χ2v) is 5.52. The molecule has 2 aromatic carbocycles. The minimum atomic E-state index is 0.313. The van der Waals surface area contributed by atoms with Crippen LogP contribution in [0.15, 0.2) is 48.5 Å². The van der Waals surface area contributed by atoms with E-state index in [0.717, 1.165) is 19.5 Å². The third-order valence-electron chi connectivity index (χ3n) is 4.30. The summed E-state index contributed by atoms with van der Waals surface area (Å²) in [5, 5.41) is 0. The Morgan fingerprint density at radius 2 is 1.60 bits per heavy atom. The van der Waals surface area contributed by atoms with E-state index in [1.165, 1.54) is 22.3 Å². The molecule has 0 saturated heterocycles. The number of rotatable bonds is 4. The summed E-state index contributed by atoms with van der Waals surface area (Å²) >= 11 is 0. The zero-order valence-electron chi connectivity index (χ0n) is 12.0. The van der Waals surface area contributed by atoms with Crippen LogP contribution in [-0.2, 0) is 19.5 Å². The van der Waals surface area contributed by atoms with E-state index in [4.69, 9.17) is 5.73 Å². The highest BCUT2D eigenvalue weighted by Gasteiger charge is 2.25. The van der Waals surface area contributed by atoms with Crippen molar-refractivity contribution in [2.75, 3.05) is 6.54 Å². The van der Waals surface area contributed by atoms with Crippen LogP contribution in [0.1, 0.15) is 35.2 Å². The lowest BCUT2D eigenvalue weighted by atomic mass is 10.0. The van der Waals surface area contributed by atoms with Gasteiger partial charge in [0.1, 0.15) is 0 Å². The smallest absolute Gasteiger partial charge is 0.0477 e. The van der Waals surface area contributed by atoms with Crippen molar-refractivity contribution in [3.05, 3.63) is 70.8 Å². The lowest BCUT2D eigenvalue weighted by molar-refractivity contribution is 0.205. The number of hydrogen-bond acceptors (Lipinski definition) is 2. The van der Waals surface area contributed by atoms with E-state index in [-0.39, 0.29) is 0 Å². The summed E-state index contributed by atoms with van der Waals surface area (Å²) in [7, 11) is 0. The average molecular weight is 266 g/mol. The quantitative estimate of drug-likeness (QED) is 0.920. The monoisotopic (exact) mass is 266 g/mol. The second-order valence-electron chi connectivity index (χ2n) is 5.52. The molecule has 0 aromatic heterocycles. The van der Waals surface area contributed by atoms with Crippen molar-refractivity contribution in [1.29, 1.82) is 0 Å². The van der Waals surface area contributed by atoms with E-state index < -0.39 is 0 Å². The normalized spacial score (nSPS) is 16.1. The first-order chi connectivity index (χ1) is 9.81. The molecule has 0 spiro atoms. The van der Waals surface area contributed by atoms with Crippen LogP contribution in [0.4, 0.5) is 0 Å². The molecule has 0 saturated carbocycles. The van der Waals surface area contributed by atoms with E-state index in [1.54, 1.807) is 0 Å². The molecule has 1 unspecified atom stereocenters. The van der Waals surface area contributed by atoms with Crippen LogP contribution < -0.4 is 5.73 Å². The van der Waals surface area contributed by atoms with Gasteiger partial charge in [0.15, 0.2) is 0 Å². The van der Waals surface area contributed by atoms with Crippen LogP contribution in [-0.4, -0.2) is 11.4 Å². The van der Waals surface area contributed by atoms with E-state index in [0.29, 0.717) is 12.6 Å². The van der Waals surface area contributed by atoms with Crippen molar-refractivity contribution in [3.8, 4) is 0 Å². The summed E-state index contributed by atoms with van der Waals surface area (Å²) < 4.78 is 0. The van der Waals surface area contributed by atoms with Crippen molar-refractivity contribution in [2.24, 2.45) is 5.73 Å². The molecule has 0 fully saturated rings. The molecule has 1 atom stereocenters. The van der Waals surface area contributed by atoms with Crippen LogP contribution in [0.5, 0.6) is 0 Å². The fourth-order valence-corrected chi connectivity index (χ4v) is 3.05. The highest BCUT2D eigenvalue weighted by Crippen LogP contribution is 2.30. The van der Waals surface area contributed by atoms with E-state index in [2.05, 4.69) is 60.4 Å². The van der Waals surface area contributed by atoms with Gasteiger partial charge in [-0.1, -0.05) is 55.5 Å². The van der Waals surface area contributed by atoms with Crippen LogP contribution in [0.3, 0.4) is 0 Å². The molecule has 2 N–H and O–H groups in total. The van der Waals surface area contributed by atoms with Crippen LogP contribution in [0, 0.1) is 0 Å². The molecule has 1 aliphatic rings. The first kappa shape index (κ1) is 13.3. The van der Waals surface area contributed by atoms with Gasteiger partial charge >= 0.3 is 0 Å². The summed E-state index contributed by atoms with van der Waals surface area (Å²) in [5.41, 5.74) is 11.6. The Labute approximate surface area is 121 Å². The predicted octanol–water partition coefficient (Wildman–Crippen LogP) is 3.26. The highest BCUT2D eigenvalue weighted by atomic mass is 15.2. The molecule has 2 aromatic rings. The Bertz CT molecular complexity index is 549. The third-order valence-corrected chi connectivity index (χ3v) is 4.30. The van der Waals surface area contributed by atoms with Crippen LogP contribution in [0.2, 0.25) is 0 Å². The van der Waals surface area contributed by atoms with Gasteiger partial charge in [-0.2, -0.15) is 0 Å². The van der Waals surface area contributed by atoms with Gasteiger partial charge in [-0.15, -0.1) is 0 Å². The molecule has 1 heterocycles. The van der Waals surface area contributed by atoms with Gasteiger partial charge in [0.25, 0.3) is 0 Å². The van der Waals surface area contributed by atoms with Gasteiger partial charge in [0.05, 0.1) is 0 Å². The number of fused-ring (bicyclic) bond motifs is 1. The molecule has 104 valence electrons. The summed E-state index contributed by atoms with van der Waals surface area (Å²) in [6.07, 6.45) is 1.09. The molecule has 2 nitrogen and oxygen atoms in total. The minimum Gasteiger partial charge on any atom is -0.329 e. The fraction of sp³-hybridized carbons (Fsp3) is 0.333. The maximum absolute atomic E-state index is 6.05. The number of nitrogens with two attached hydrogens (primary N) is 1. The minimum absolute atomic E-state index is 0.313. The van der Waals surface area contributed by atoms with Crippen LogP contribution >= 0.6 is 0 Å².